The zero-order chi connectivity index (χ0) is 14.3. The Bertz CT molecular complexity index is 781. The molecule has 0 amide bonds. The van der Waals surface area contributed by atoms with Gasteiger partial charge in [0.15, 0.2) is 5.65 Å². The Morgan fingerprint density at radius 2 is 1.90 bits per heavy atom. The number of halogens is 4. The summed E-state index contributed by atoms with van der Waals surface area (Å²) in [6.45, 7) is 0. The molecule has 0 N–H and O–H groups in total. The number of alkyl halides is 1. The first-order valence-electron chi connectivity index (χ1n) is 5.65. The van der Waals surface area contributed by atoms with Crippen LogP contribution in [0, 0.1) is 0 Å². The van der Waals surface area contributed by atoms with Gasteiger partial charge in [-0.25, -0.2) is 9.97 Å². The van der Waals surface area contributed by atoms with Gasteiger partial charge in [0.05, 0.1) is 16.6 Å². The second-order valence-corrected chi connectivity index (χ2v) is 6.48. The summed E-state index contributed by atoms with van der Waals surface area (Å²) in [6.07, 6.45) is 1.60. The quantitative estimate of drug-likeness (QED) is 0.509. The summed E-state index contributed by atoms with van der Waals surface area (Å²) < 4.78 is 3.77. The molecule has 0 bridgehead atoms. The maximum absolute atomic E-state index is 6.02. The number of pyridine rings is 1. The van der Waals surface area contributed by atoms with Crippen molar-refractivity contribution in [3.63, 3.8) is 0 Å². The zero-order valence-corrected chi connectivity index (χ0v) is 14.6. The number of para-hydroxylation sites is 1. The predicted molar refractivity (Wildman–Crippen MR) is 88.8 cm³/mol. The highest BCUT2D eigenvalue weighted by atomic mass is 79.9. The standard InChI is InChI=1S/C13H7Br2Cl2N3/c14-8-2-1-3-9(15)12(8)20-11(5-16)19-10-4-7(17)6-18-13(10)20/h1-4,6H,5H2. The van der Waals surface area contributed by atoms with Crippen molar-refractivity contribution in [2.45, 2.75) is 5.88 Å². The van der Waals surface area contributed by atoms with Gasteiger partial charge in [-0.3, -0.25) is 4.57 Å². The maximum atomic E-state index is 6.02. The monoisotopic (exact) mass is 433 g/mol. The molecule has 3 nitrogen and oxygen atoms in total. The minimum Gasteiger partial charge on any atom is -0.277 e. The van der Waals surface area contributed by atoms with Gasteiger partial charge in [0.1, 0.15) is 11.3 Å². The lowest BCUT2D eigenvalue weighted by molar-refractivity contribution is 0.960. The SMILES string of the molecule is ClCc1nc2cc(Cl)cnc2n1-c1c(Br)cccc1Br. The average molecular weight is 436 g/mol. The molecule has 0 aliphatic carbocycles. The van der Waals surface area contributed by atoms with E-state index in [9.17, 15) is 0 Å². The number of aromatic nitrogens is 3. The van der Waals surface area contributed by atoms with Crippen molar-refractivity contribution >= 4 is 66.2 Å². The van der Waals surface area contributed by atoms with E-state index >= 15 is 0 Å². The number of nitrogens with zero attached hydrogens (tertiary/aromatic N) is 3. The van der Waals surface area contributed by atoms with Gasteiger partial charge in [0, 0.05) is 15.1 Å². The molecule has 0 radical (unpaired) electrons. The molecule has 20 heavy (non-hydrogen) atoms. The van der Waals surface area contributed by atoms with Gasteiger partial charge in [-0.1, -0.05) is 17.7 Å². The summed E-state index contributed by atoms with van der Waals surface area (Å²) >= 11 is 19.1. The van der Waals surface area contributed by atoms with Crippen LogP contribution < -0.4 is 0 Å². The van der Waals surface area contributed by atoms with E-state index in [0.717, 1.165) is 25.8 Å². The topological polar surface area (TPSA) is 30.7 Å². The van der Waals surface area contributed by atoms with Crippen molar-refractivity contribution in [2.75, 3.05) is 0 Å². The fourth-order valence-corrected chi connectivity index (χ4v) is 3.70. The van der Waals surface area contributed by atoms with E-state index in [1.807, 2.05) is 22.8 Å². The largest absolute Gasteiger partial charge is 0.277 e. The second-order valence-electron chi connectivity index (χ2n) is 4.06. The maximum Gasteiger partial charge on any atom is 0.164 e. The van der Waals surface area contributed by atoms with E-state index in [0.29, 0.717) is 10.8 Å². The van der Waals surface area contributed by atoms with E-state index in [1.54, 1.807) is 12.3 Å². The number of imidazole rings is 1. The smallest absolute Gasteiger partial charge is 0.164 e. The Morgan fingerprint density at radius 1 is 1.20 bits per heavy atom. The molecule has 0 aliphatic heterocycles. The summed E-state index contributed by atoms with van der Waals surface area (Å²) in [5.74, 6) is 0.992. The molecule has 0 aliphatic rings. The van der Waals surface area contributed by atoms with E-state index in [2.05, 4.69) is 41.8 Å². The van der Waals surface area contributed by atoms with Crippen LogP contribution in [0.15, 0.2) is 39.4 Å². The fraction of sp³-hybridized carbons (Fsp3) is 0.0769. The lowest BCUT2D eigenvalue weighted by Crippen LogP contribution is -2.02. The minimum atomic E-state index is 0.280. The van der Waals surface area contributed by atoms with Gasteiger partial charge in [0.25, 0.3) is 0 Å². The van der Waals surface area contributed by atoms with Crippen LogP contribution in [0.2, 0.25) is 5.02 Å². The number of benzene rings is 1. The van der Waals surface area contributed by atoms with E-state index in [-0.39, 0.29) is 5.88 Å². The third-order valence-electron chi connectivity index (χ3n) is 2.81. The third kappa shape index (κ3) is 2.37. The van der Waals surface area contributed by atoms with Crippen LogP contribution in [0.1, 0.15) is 5.82 Å². The zero-order valence-electron chi connectivity index (χ0n) is 9.95. The van der Waals surface area contributed by atoms with Crippen molar-refractivity contribution in [3.8, 4) is 5.69 Å². The molecular weight excluding hydrogens is 429 g/mol. The summed E-state index contributed by atoms with van der Waals surface area (Å²) in [6, 6.07) is 7.64. The van der Waals surface area contributed by atoms with Gasteiger partial charge >= 0.3 is 0 Å². The number of hydrogen-bond acceptors (Lipinski definition) is 2. The highest BCUT2D eigenvalue weighted by Crippen LogP contribution is 2.33. The van der Waals surface area contributed by atoms with E-state index in [4.69, 9.17) is 23.2 Å². The number of hydrogen-bond donors (Lipinski definition) is 0. The van der Waals surface area contributed by atoms with Crippen LogP contribution in [-0.4, -0.2) is 14.5 Å². The molecule has 2 heterocycles. The highest BCUT2D eigenvalue weighted by molar-refractivity contribution is 9.11. The summed E-state index contributed by atoms with van der Waals surface area (Å²) in [5.41, 5.74) is 2.36. The van der Waals surface area contributed by atoms with Crippen LogP contribution >= 0.6 is 55.1 Å². The first-order valence-corrected chi connectivity index (χ1v) is 8.15. The highest BCUT2D eigenvalue weighted by Gasteiger charge is 2.17. The van der Waals surface area contributed by atoms with Crippen molar-refractivity contribution < 1.29 is 0 Å². The summed E-state index contributed by atoms with van der Waals surface area (Å²) in [5, 5.41) is 0.550. The predicted octanol–water partition coefficient (Wildman–Crippen LogP) is 5.34. The van der Waals surface area contributed by atoms with Gasteiger partial charge in [0.2, 0.25) is 0 Å². The number of fused-ring (bicyclic) bond motifs is 1. The van der Waals surface area contributed by atoms with Gasteiger partial charge in [-0.15, -0.1) is 11.6 Å². The minimum absolute atomic E-state index is 0.280. The first-order chi connectivity index (χ1) is 9.61. The van der Waals surface area contributed by atoms with Gasteiger partial charge in [-0.05, 0) is 50.1 Å². The van der Waals surface area contributed by atoms with Crippen LogP contribution in [-0.2, 0) is 5.88 Å². The Labute approximate surface area is 142 Å². The normalized spacial score (nSPS) is 11.2. The van der Waals surface area contributed by atoms with E-state index in [1.165, 1.54) is 0 Å². The van der Waals surface area contributed by atoms with Gasteiger partial charge < -0.3 is 0 Å². The molecule has 0 spiro atoms. The lowest BCUT2D eigenvalue weighted by Gasteiger charge is -2.11. The Kier molecular flexibility index (Phi) is 4.04. The van der Waals surface area contributed by atoms with Crippen molar-refractivity contribution in [3.05, 3.63) is 50.3 Å². The molecule has 7 heteroatoms. The molecule has 0 atom stereocenters. The molecule has 102 valence electrons. The number of rotatable bonds is 2. The Balaban J connectivity index is 2.40. The lowest BCUT2D eigenvalue weighted by atomic mass is 10.3. The molecule has 0 unspecified atom stereocenters. The molecule has 0 saturated heterocycles. The summed E-state index contributed by atoms with van der Waals surface area (Å²) in [7, 11) is 0. The molecule has 3 rings (SSSR count). The Hall–Kier alpha value is -0.620. The third-order valence-corrected chi connectivity index (χ3v) is 4.54. The molecule has 1 aromatic carbocycles. The van der Waals surface area contributed by atoms with Crippen LogP contribution in [0.25, 0.3) is 16.9 Å². The van der Waals surface area contributed by atoms with Gasteiger partial charge in [-0.2, -0.15) is 0 Å². The molecule has 3 aromatic rings. The average Bonchev–Trinajstić information content (AvgIpc) is 2.76. The van der Waals surface area contributed by atoms with Crippen LogP contribution in [0.3, 0.4) is 0 Å². The molecular formula is C13H7Br2Cl2N3. The fourth-order valence-electron chi connectivity index (χ4n) is 2.01. The molecule has 0 fully saturated rings. The molecule has 2 aromatic heterocycles. The van der Waals surface area contributed by atoms with Crippen molar-refractivity contribution in [2.24, 2.45) is 0 Å². The second kappa shape index (κ2) is 5.64. The first kappa shape index (κ1) is 14.3. The van der Waals surface area contributed by atoms with Crippen molar-refractivity contribution in [1.82, 2.24) is 14.5 Å². The van der Waals surface area contributed by atoms with Crippen molar-refractivity contribution in [1.29, 1.82) is 0 Å². The van der Waals surface area contributed by atoms with Crippen LogP contribution in [0.4, 0.5) is 0 Å². The van der Waals surface area contributed by atoms with Crippen LogP contribution in [0.5, 0.6) is 0 Å². The Morgan fingerprint density at radius 3 is 2.55 bits per heavy atom. The summed E-state index contributed by atoms with van der Waals surface area (Å²) in [4.78, 5) is 8.87. The van der Waals surface area contributed by atoms with E-state index < -0.39 is 0 Å². The molecule has 0 saturated carbocycles.